The molecular formula is C20H27N3O5. The molecule has 0 aliphatic carbocycles. The molecule has 0 radical (unpaired) electrons. The maximum absolute atomic E-state index is 12.2. The molecule has 3 amide bonds. The predicted octanol–water partition coefficient (Wildman–Crippen LogP) is 0.855. The van der Waals surface area contributed by atoms with Gasteiger partial charge >= 0.3 is 0 Å². The quantitative estimate of drug-likeness (QED) is 0.665. The number of methoxy groups -OCH3 is 1. The van der Waals surface area contributed by atoms with Gasteiger partial charge in [0.2, 0.25) is 17.7 Å². The molecular weight excluding hydrogens is 362 g/mol. The molecule has 152 valence electrons. The first-order chi connectivity index (χ1) is 13.4. The van der Waals surface area contributed by atoms with Crippen molar-refractivity contribution in [3.63, 3.8) is 0 Å². The molecule has 8 nitrogen and oxygen atoms in total. The first kappa shape index (κ1) is 21.4. The van der Waals surface area contributed by atoms with E-state index < -0.39 is 0 Å². The van der Waals surface area contributed by atoms with Gasteiger partial charge in [0.05, 0.1) is 7.11 Å². The normalized spacial score (nSPS) is 13.8. The molecule has 1 aliphatic rings. The van der Waals surface area contributed by atoms with Crippen LogP contribution < -0.4 is 10.1 Å². The van der Waals surface area contributed by atoms with Crippen LogP contribution >= 0.6 is 0 Å². The maximum Gasteiger partial charge on any atom is 0.224 e. The summed E-state index contributed by atoms with van der Waals surface area (Å²) in [7, 11) is 1.55. The molecule has 1 saturated heterocycles. The van der Waals surface area contributed by atoms with Crippen LogP contribution in [0.5, 0.6) is 5.75 Å². The van der Waals surface area contributed by atoms with Crippen LogP contribution in [0.4, 0.5) is 0 Å². The first-order valence-electron chi connectivity index (χ1n) is 9.38. The molecule has 1 N–H and O–H groups in total. The van der Waals surface area contributed by atoms with Crippen LogP contribution in [0.3, 0.4) is 0 Å². The number of hydrogen-bond acceptors (Lipinski definition) is 5. The van der Waals surface area contributed by atoms with Gasteiger partial charge in [-0.3, -0.25) is 19.2 Å². The zero-order chi connectivity index (χ0) is 20.5. The molecule has 2 rings (SSSR count). The molecule has 1 aromatic rings. The fourth-order valence-electron chi connectivity index (χ4n) is 2.97. The lowest BCUT2D eigenvalue weighted by molar-refractivity contribution is -0.138. The second kappa shape index (κ2) is 10.4. The average Bonchev–Trinajstić information content (AvgIpc) is 2.72. The van der Waals surface area contributed by atoms with E-state index in [-0.39, 0.29) is 49.3 Å². The number of hydrogen-bond donors (Lipinski definition) is 1. The topological polar surface area (TPSA) is 96.0 Å². The van der Waals surface area contributed by atoms with E-state index in [1.54, 1.807) is 41.2 Å². The molecule has 0 unspecified atom stereocenters. The molecule has 8 heteroatoms. The summed E-state index contributed by atoms with van der Waals surface area (Å²) in [5, 5.41) is 2.68. The van der Waals surface area contributed by atoms with Crippen LogP contribution in [0.25, 0.3) is 0 Å². The minimum absolute atomic E-state index is 0.0172. The Bertz CT molecular complexity index is 709. The summed E-state index contributed by atoms with van der Waals surface area (Å²) in [5.41, 5.74) is 0.536. The van der Waals surface area contributed by atoms with Crippen LogP contribution in [0.2, 0.25) is 0 Å². The van der Waals surface area contributed by atoms with Crippen molar-refractivity contribution in [3.8, 4) is 5.75 Å². The van der Waals surface area contributed by atoms with Gasteiger partial charge in [0.25, 0.3) is 0 Å². The Morgan fingerprint density at radius 3 is 2.11 bits per heavy atom. The number of carbonyl (C=O) groups excluding carboxylic acids is 4. The summed E-state index contributed by atoms with van der Waals surface area (Å²) in [6, 6.07) is 6.75. The van der Waals surface area contributed by atoms with Crippen LogP contribution in [0.1, 0.15) is 36.5 Å². The molecule has 0 bridgehead atoms. The Hall–Kier alpha value is -2.90. The van der Waals surface area contributed by atoms with Gasteiger partial charge in [-0.25, -0.2) is 0 Å². The molecule has 0 atom stereocenters. The van der Waals surface area contributed by atoms with E-state index >= 15 is 0 Å². The van der Waals surface area contributed by atoms with Gasteiger partial charge in [0.1, 0.15) is 5.75 Å². The number of Topliss-reactive ketones (excluding diaryl/α,β-unsaturated/α-hetero) is 1. The maximum atomic E-state index is 12.2. The van der Waals surface area contributed by atoms with Gasteiger partial charge in [0.15, 0.2) is 5.78 Å². The highest BCUT2D eigenvalue weighted by Crippen LogP contribution is 2.13. The van der Waals surface area contributed by atoms with E-state index in [1.165, 1.54) is 6.92 Å². The number of benzene rings is 1. The third-order valence-electron chi connectivity index (χ3n) is 4.73. The van der Waals surface area contributed by atoms with Gasteiger partial charge in [-0.1, -0.05) is 0 Å². The lowest BCUT2D eigenvalue weighted by atomic mass is 10.1. The SMILES string of the molecule is COc1ccc(C(=O)CCC(=O)NCCC(=O)N2CCN(C(C)=O)CC2)cc1. The first-order valence-corrected chi connectivity index (χ1v) is 9.38. The summed E-state index contributed by atoms with van der Waals surface area (Å²) in [6.07, 6.45) is 0.397. The van der Waals surface area contributed by atoms with Crippen LogP contribution in [0.15, 0.2) is 24.3 Å². The molecule has 28 heavy (non-hydrogen) atoms. The molecule has 1 aromatic carbocycles. The second-order valence-electron chi connectivity index (χ2n) is 6.64. The molecule has 0 spiro atoms. The summed E-state index contributed by atoms with van der Waals surface area (Å²) >= 11 is 0. The number of nitrogens with one attached hydrogen (secondary N) is 1. The highest BCUT2D eigenvalue weighted by atomic mass is 16.5. The highest BCUT2D eigenvalue weighted by Gasteiger charge is 2.22. The van der Waals surface area contributed by atoms with E-state index in [9.17, 15) is 19.2 Å². The van der Waals surface area contributed by atoms with Crippen molar-refractivity contribution in [3.05, 3.63) is 29.8 Å². The van der Waals surface area contributed by atoms with Crippen molar-refractivity contribution in [2.75, 3.05) is 39.8 Å². The van der Waals surface area contributed by atoms with Gasteiger partial charge in [0, 0.05) is 64.5 Å². The van der Waals surface area contributed by atoms with Crippen LogP contribution in [-0.4, -0.2) is 73.1 Å². The Morgan fingerprint density at radius 1 is 0.929 bits per heavy atom. The van der Waals surface area contributed by atoms with Crippen molar-refractivity contribution in [1.82, 2.24) is 15.1 Å². The number of amides is 3. The zero-order valence-electron chi connectivity index (χ0n) is 16.4. The van der Waals surface area contributed by atoms with Gasteiger partial charge in [-0.15, -0.1) is 0 Å². The number of piperazine rings is 1. The average molecular weight is 389 g/mol. The van der Waals surface area contributed by atoms with E-state index in [4.69, 9.17) is 4.74 Å². The molecule has 1 fully saturated rings. The number of nitrogens with zero attached hydrogens (tertiary/aromatic N) is 2. The number of ketones is 1. The van der Waals surface area contributed by atoms with Gasteiger partial charge in [-0.2, -0.15) is 0 Å². The smallest absolute Gasteiger partial charge is 0.224 e. The predicted molar refractivity (Wildman–Crippen MR) is 103 cm³/mol. The summed E-state index contributed by atoms with van der Waals surface area (Å²) < 4.78 is 5.05. The summed E-state index contributed by atoms with van der Waals surface area (Å²) in [6.45, 7) is 3.88. The van der Waals surface area contributed by atoms with Crippen molar-refractivity contribution in [2.45, 2.75) is 26.2 Å². The lowest BCUT2D eigenvalue weighted by Crippen LogP contribution is -2.50. The minimum atomic E-state index is -0.254. The van der Waals surface area contributed by atoms with Crippen molar-refractivity contribution in [2.24, 2.45) is 0 Å². The van der Waals surface area contributed by atoms with Crippen LogP contribution in [0, 0.1) is 0 Å². The largest absolute Gasteiger partial charge is 0.497 e. The summed E-state index contributed by atoms with van der Waals surface area (Å²) in [5.74, 6) is 0.274. The molecule has 1 heterocycles. The number of ether oxygens (including phenoxy) is 1. The Morgan fingerprint density at radius 2 is 1.54 bits per heavy atom. The number of carbonyl (C=O) groups is 4. The van der Waals surface area contributed by atoms with Gasteiger partial charge < -0.3 is 19.9 Å². The summed E-state index contributed by atoms with van der Waals surface area (Å²) in [4.78, 5) is 50.9. The highest BCUT2D eigenvalue weighted by molar-refractivity contribution is 5.98. The Balaban J connectivity index is 1.63. The monoisotopic (exact) mass is 389 g/mol. The van der Waals surface area contributed by atoms with E-state index in [2.05, 4.69) is 5.32 Å². The fourth-order valence-corrected chi connectivity index (χ4v) is 2.97. The standard InChI is InChI=1S/C20H27N3O5/c1-15(24)22-11-13-23(14-12-22)20(27)9-10-21-19(26)8-7-18(25)16-3-5-17(28-2)6-4-16/h3-6H,7-14H2,1-2H3,(H,21,26). The van der Waals surface area contributed by atoms with Crippen molar-refractivity contribution >= 4 is 23.5 Å². The third-order valence-corrected chi connectivity index (χ3v) is 4.73. The molecule has 0 aromatic heterocycles. The Labute approximate surface area is 164 Å². The van der Waals surface area contributed by atoms with Crippen LogP contribution in [-0.2, 0) is 14.4 Å². The van der Waals surface area contributed by atoms with E-state index in [0.717, 1.165) is 0 Å². The molecule has 1 aliphatic heterocycles. The Kier molecular flexibility index (Phi) is 7.98. The second-order valence-corrected chi connectivity index (χ2v) is 6.64. The zero-order valence-corrected chi connectivity index (χ0v) is 16.4. The van der Waals surface area contributed by atoms with E-state index in [0.29, 0.717) is 37.5 Å². The van der Waals surface area contributed by atoms with Gasteiger partial charge in [-0.05, 0) is 24.3 Å². The minimum Gasteiger partial charge on any atom is -0.497 e. The number of rotatable bonds is 8. The van der Waals surface area contributed by atoms with E-state index in [1.807, 2.05) is 0 Å². The third kappa shape index (κ3) is 6.37. The fraction of sp³-hybridized carbons (Fsp3) is 0.500. The van der Waals surface area contributed by atoms with Crippen molar-refractivity contribution in [1.29, 1.82) is 0 Å². The molecule has 0 saturated carbocycles. The van der Waals surface area contributed by atoms with Crippen molar-refractivity contribution < 1.29 is 23.9 Å². The lowest BCUT2D eigenvalue weighted by Gasteiger charge is -2.34.